The Morgan fingerprint density at radius 2 is 1.40 bits per heavy atom. The first-order chi connectivity index (χ1) is 12.4. The van der Waals surface area contributed by atoms with Gasteiger partial charge in [-0.25, -0.2) is 0 Å². The van der Waals surface area contributed by atoms with Crippen LogP contribution in [0, 0.1) is 0 Å². The molecule has 4 aromatic rings. The molecule has 1 aromatic carbocycles. The van der Waals surface area contributed by atoms with E-state index in [4.69, 9.17) is 0 Å². The summed E-state index contributed by atoms with van der Waals surface area (Å²) in [5.41, 5.74) is 6.39. The third-order valence-corrected chi connectivity index (χ3v) is 4.14. The minimum atomic E-state index is 0.778. The van der Waals surface area contributed by atoms with E-state index in [1.165, 1.54) is 5.56 Å². The molecule has 0 aliphatic rings. The summed E-state index contributed by atoms with van der Waals surface area (Å²) in [4.78, 5) is 13.5. The molecule has 3 nitrogen and oxygen atoms in total. The van der Waals surface area contributed by atoms with Crippen molar-refractivity contribution in [2.45, 2.75) is 6.42 Å². The van der Waals surface area contributed by atoms with E-state index in [9.17, 15) is 0 Å². The van der Waals surface area contributed by atoms with Crippen molar-refractivity contribution in [1.82, 2.24) is 15.0 Å². The molecule has 3 heterocycles. The number of hydrogen-bond acceptors (Lipinski definition) is 3. The molecule has 3 heteroatoms. The zero-order valence-corrected chi connectivity index (χ0v) is 13.7. The van der Waals surface area contributed by atoms with Gasteiger partial charge in [0.1, 0.15) is 0 Å². The number of aromatic nitrogens is 3. The van der Waals surface area contributed by atoms with Gasteiger partial charge in [0, 0.05) is 47.9 Å². The predicted molar refractivity (Wildman–Crippen MR) is 99.9 cm³/mol. The predicted octanol–water partition coefficient (Wildman–Crippen LogP) is 4.80. The summed E-state index contributed by atoms with van der Waals surface area (Å²) in [6.45, 7) is 0. The van der Waals surface area contributed by atoms with Crippen LogP contribution in [0.1, 0.15) is 11.3 Å². The van der Waals surface area contributed by atoms with Crippen molar-refractivity contribution in [2.24, 2.45) is 0 Å². The van der Waals surface area contributed by atoms with Gasteiger partial charge in [-0.2, -0.15) is 0 Å². The van der Waals surface area contributed by atoms with Gasteiger partial charge >= 0.3 is 0 Å². The Balaban J connectivity index is 1.82. The molecular weight excluding hydrogens is 306 g/mol. The first-order valence-corrected chi connectivity index (χ1v) is 8.25. The van der Waals surface area contributed by atoms with Crippen LogP contribution in [-0.2, 0) is 6.42 Å². The largest absolute Gasteiger partial charge is 0.264 e. The molecule has 0 aliphatic heterocycles. The van der Waals surface area contributed by atoms with Crippen LogP contribution in [0.2, 0.25) is 0 Å². The minimum absolute atomic E-state index is 0.778. The maximum Gasteiger partial charge on any atom is 0.0799 e. The van der Waals surface area contributed by atoms with Gasteiger partial charge in [0.25, 0.3) is 0 Å². The van der Waals surface area contributed by atoms with Crippen LogP contribution in [0.4, 0.5) is 0 Å². The fourth-order valence-corrected chi connectivity index (χ4v) is 2.96. The normalized spacial score (nSPS) is 10.6. The van der Waals surface area contributed by atoms with E-state index in [0.29, 0.717) is 0 Å². The standard InChI is InChI=1S/C22H17N3/c1-2-7-17(8-3-1)15-21-20(11-6-13-24-21)22-19(10-5-14-25-22)18-9-4-12-23-16-18/h1-14,16H,15H2. The SMILES string of the molecule is c1ccc(Cc2ncccc2-c2ncccc2-c2cccnc2)cc1. The summed E-state index contributed by atoms with van der Waals surface area (Å²) in [5.74, 6) is 0. The highest BCUT2D eigenvalue weighted by Gasteiger charge is 2.13. The summed E-state index contributed by atoms with van der Waals surface area (Å²) < 4.78 is 0. The lowest BCUT2D eigenvalue weighted by atomic mass is 9.97. The van der Waals surface area contributed by atoms with Crippen LogP contribution in [-0.4, -0.2) is 15.0 Å². The second-order valence-corrected chi connectivity index (χ2v) is 5.80. The van der Waals surface area contributed by atoms with Gasteiger partial charge < -0.3 is 0 Å². The monoisotopic (exact) mass is 323 g/mol. The van der Waals surface area contributed by atoms with Crippen molar-refractivity contribution in [3.05, 3.63) is 103 Å². The Bertz CT molecular complexity index is 966. The Hall–Kier alpha value is -3.33. The smallest absolute Gasteiger partial charge is 0.0799 e. The van der Waals surface area contributed by atoms with Crippen LogP contribution in [0.25, 0.3) is 22.4 Å². The molecule has 0 amide bonds. The van der Waals surface area contributed by atoms with Gasteiger partial charge in [0.15, 0.2) is 0 Å². The zero-order valence-electron chi connectivity index (χ0n) is 13.7. The second kappa shape index (κ2) is 7.05. The number of benzene rings is 1. The molecule has 0 bridgehead atoms. The van der Waals surface area contributed by atoms with E-state index in [-0.39, 0.29) is 0 Å². The zero-order chi connectivity index (χ0) is 16.9. The average molecular weight is 323 g/mol. The quantitative estimate of drug-likeness (QED) is 0.541. The number of pyridine rings is 3. The molecule has 4 rings (SSSR count). The average Bonchev–Trinajstić information content (AvgIpc) is 2.70. The molecule has 120 valence electrons. The lowest BCUT2D eigenvalue weighted by Crippen LogP contribution is -1.98. The van der Waals surface area contributed by atoms with E-state index in [1.807, 2.05) is 42.9 Å². The van der Waals surface area contributed by atoms with Crippen LogP contribution >= 0.6 is 0 Å². The Morgan fingerprint density at radius 3 is 2.20 bits per heavy atom. The van der Waals surface area contributed by atoms with Gasteiger partial charge in [-0.15, -0.1) is 0 Å². The van der Waals surface area contributed by atoms with Crippen LogP contribution < -0.4 is 0 Å². The van der Waals surface area contributed by atoms with Gasteiger partial charge in [-0.3, -0.25) is 15.0 Å². The summed E-state index contributed by atoms with van der Waals surface area (Å²) in [6, 6.07) is 22.5. The van der Waals surface area contributed by atoms with Gasteiger partial charge in [-0.05, 0) is 29.8 Å². The third-order valence-electron chi connectivity index (χ3n) is 4.14. The fourth-order valence-electron chi connectivity index (χ4n) is 2.96. The maximum atomic E-state index is 4.66. The highest BCUT2D eigenvalue weighted by molar-refractivity contribution is 5.81. The fraction of sp³-hybridized carbons (Fsp3) is 0.0455. The molecule has 25 heavy (non-hydrogen) atoms. The third kappa shape index (κ3) is 3.31. The summed E-state index contributed by atoms with van der Waals surface area (Å²) in [5, 5.41) is 0. The van der Waals surface area contributed by atoms with Crippen molar-refractivity contribution in [1.29, 1.82) is 0 Å². The topological polar surface area (TPSA) is 38.7 Å². The molecule has 0 fully saturated rings. The Morgan fingerprint density at radius 1 is 0.640 bits per heavy atom. The molecule has 0 spiro atoms. The van der Waals surface area contributed by atoms with Crippen LogP contribution in [0.5, 0.6) is 0 Å². The van der Waals surface area contributed by atoms with Gasteiger partial charge in [0.05, 0.1) is 11.4 Å². The molecular formula is C22H17N3. The minimum Gasteiger partial charge on any atom is -0.264 e. The molecule has 0 aliphatic carbocycles. The van der Waals surface area contributed by atoms with E-state index in [0.717, 1.165) is 34.5 Å². The first kappa shape index (κ1) is 15.2. The number of nitrogens with zero attached hydrogens (tertiary/aromatic N) is 3. The maximum absolute atomic E-state index is 4.66. The van der Waals surface area contributed by atoms with E-state index < -0.39 is 0 Å². The molecule has 0 saturated heterocycles. The molecule has 0 unspecified atom stereocenters. The number of rotatable bonds is 4. The lowest BCUT2D eigenvalue weighted by molar-refractivity contribution is 1.07. The molecule has 0 saturated carbocycles. The highest BCUT2D eigenvalue weighted by atomic mass is 14.7. The summed E-state index contributed by atoms with van der Waals surface area (Å²) in [6.07, 6.45) is 8.10. The molecule has 0 radical (unpaired) electrons. The van der Waals surface area contributed by atoms with Crippen molar-refractivity contribution < 1.29 is 0 Å². The van der Waals surface area contributed by atoms with Crippen molar-refractivity contribution in [2.75, 3.05) is 0 Å². The first-order valence-electron chi connectivity index (χ1n) is 8.25. The summed E-state index contributed by atoms with van der Waals surface area (Å²) in [7, 11) is 0. The van der Waals surface area contributed by atoms with E-state index >= 15 is 0 Å². The van der Waals surface area contributed by atoms with Gasteiger partial charge in [0.2, 0.25) is 0 Å². The van der Waals surface area contributed by atoms with Gasteiger partial charge in [-0.1, -0.05) is 42.5 Å². The van der Waals surface area contributed by atoms with Crippen molar-refractivity contribution >= 4 is 0 Å². The van der Waals surface area contributed by atoms with Crippen molar-refractivity contribution in [3.8, 4) is 22.4 Å². The summed E-state index contributed by atoms with van der Waals surface area (Å²) >= 11 is 0. The van der Waals surface area contributed by atoms with Crippen molar-refractivity contribution in [3.63, 3.8) is 0 Å². The molecule has 0 N–H and O–H groups in total. The molecule has 0 atom stereocenters. The Labute approximate surface area is 147 Å². The van der Waals surface area contributed by atoms with E-state index in [1.54, 1.807) is 6.20 Å². The second-order valence-electron chi connectivity index (χ2n) is 5.80. The highest BCUT2D eigenvalue weighted by Crippen LogP contribution is 2.31. The van der Waals surface area contributed by atoms with Crippen LogP contribution in [0.15, 0.2) is 91.5 Å². The van der Waals surface area contributed by atoms with Crippen LogP contribution in [0.3, 0.4) is 0 Å². The number of hydrogen-bond donors (Lipinski definition) is 0. The van der Waals surface area contributed by atoms with E-state index in [2.05, 4.69) is 57.4 Å². The lowest BCUT2D eigenvalue weighted by Gasteiger charge is -2.12. The Kier molecular flexibility index (Phi) is 4.29. The molecule has 3 aromatic heterocycles.